The van der Waals surface area contributed by atoms with Gasteiger partial charge in [-0.15, -0.1) is 0 Å². The van der Waals surface area contributed by atoms with Crippen LogP contribution in [0.2, 0.25) is 5.02 Å². The highest BCUT2D eigenvalue weighted by Gasteiger charge is 2.33. The predicted octanol–water partition coefficient (Wildman–Crippen LogP) is 5.74. The van der Waals surface area contributed by atoms with Crippen LogP contribution in [0.4, 0.5) is 5.69 Å². The Morgan fingerprint density at radius 2 is 1.95 bits per heavy atom. The molecule has 2 aromatic heterocycles. The number of esters is 1. The summed E-state index contributed by atoms with van der Waals surface area (Å²) in [5, 5.41) is 11.3. The lowest BCUT2D eigenvalue weighted by atomic mass is 9.93. The van der Waals surface area contributed by atoms with Crippen LogP contribution in [0, 0.1) is 10.1 Å². The first-order valence-corrected chi connectivity index (χ1v) is 14.1. The number of nitro benzene ring substituents is 1. The molecule has 0 bridgehead atoms. The van der Waals surface area contributed by atoms with Gasteiger partial charge in [-0.05, 0) is 55.2 Å². The number of ether oxygens (including phenoxy) is 1. The molecule has 210 valence electrons. The summed E-state index contributed by atoms with van der Waals surface area (Å²) in [5.41, 5.74) is 2.61. The fourth-order valence-corrected chi connectivity index (χ4v) is 5.90. The van der Waals surface area contributed by atoms with Crippen LogP contribution >= 0.6 is 22.9 Å². The fraction of sp³-hybridized carbons (Fsp3) is 0.233. The molecule has 0 aliphatic carbocycles. The van der Waals surface area contributed by atoms with Crippen molar-refractivity contribution in [3.05, 3.63) is 118 Å². The maximum Gasteiger partial charge on any atom is 0.338 e. The molecule has 41 heavy (non-hydrogen) atoms. The lowest BCUT2D eigenvalue weighted by Gasteiger charge is -2.25. The first-order valence-electron chi connectivity index (χ1n) is 12.9. The molecule has 11 heteroatoms. The number of benzene rings is 2. The third-order valence-electron chi connectivity index (χ3n) is 6.76. The zero-order valence-electron chi connectivity index (χ0n) is 22.7. The van der Waals surface area contributed by atoms with Gasteiger partial charge in [-0.25, -0.2) is 9.79 Å². The molecular weight excluding hydrogens is 566 g/mol. The Balaban J connectivity index is 1.61. The number of allylic oxidation sites excluding steroid dienone is 1. The predicted molar refractivity (Wildman–Crippen MR) is 157 cm³/mol. The fourth-order valence-electron chi connectivity index (χ4n) is 4.69. The van der Waals surface area contributed by atoms with E-state index < -0.39 is 16.9 Å². The maximum atomic E-state index is 13.8. The van der Waals surface area contributed by atoms with Gasteiger partial charge in [0.15, 0.2) is 4.80 Å². The molecule has 0 amide bonds. The zero-order valence-corrected chi connectivity index (χ0v) is 24.3. The Morgan fingerprint density at radius 3 is 2.61 bits per heavy atom. The van der Waals surface area contributed by atoms with Crippen molar-refractivity contribution in [1.82, 2.24) is 4.57 Å². The lowest BCUT2D eigenvalue weighted by Crippen LogP contribution is -2.39. The van der Waals surface area contributed by atoms with Gasteiger partial charge in [-0.3, -0.25) is 19.5 Å². The van der Waals surface area contributed by atoms with Crippen LogP contribution in [0.25, 0.3) is 17.4 Å². The summed E-state index contributed by atoms with van der Waals surface area (Å²) in [6.45, 7) is 7.86. The summed E-state index contributed by atoms with van der Waals surface area (Å²) >= 11 is 7.12. The number of nitrogens with zero attached hydrogens (tertiary/aromatic N) is 3. The number of halogens is 1. The summed E-state index contributed by atoms with van der Waals surface area (Å²) < 4.78 is 13.1. The minimum absolute atomic E-state index is 0.0255. The summed E-state index contributed by atoms with van der Waals surface area (Å²) in [6, 6.07) is 14.9. The number of hydrogen-bond acceptors (Lipinski definition) is 8. The van der Waals surface area contributed by atoms with Gasteiger partial charge < -0.3 is 9.15 Å². The van der Waals surface area contributed by atoms with E-state index in [0.29, 0.717) is 43.6 Å². The second-order valence-electron chi connectivity index (χ2n) is 9.75. The van der Waals surface area contributed by atoms with Gasteiger partial charge in [0.2, 0.25) is 0 Å². The average Bonchev–Trinajstić information content (AvgIpc) is 3.52. The molecule has 0 saturated heterocycles. The summed E-state index contributed by atoms with van der Waals surface area (Å²) in [7, 11) is 0. The molecule has 0 unspecified atom stereocenters. The number of rotatable bonds is 7. The molecule has 0 radical (unpaired) electrons. The second-order valence-corrected chi connectivity index (χ2v) is 11.2. The minimum atomic E-state index is -0.713. The van der Waals surface area contributed by atoms with E-state index in [1.807, 2.05) is 24.3 Å². The topological polar surface area (TPSA) is 117 Å². The molecule has 4 aromatic rings. The molecule has 3 heterocycles. The third-order valence-corrected chi connectivity index (χ3v) is 8.07. The molecule has 0 fully saturated rings. The van der Waals surface area contributed by atoms with Crippen LogP contribution in [0.1, 0.15) is 56.5 Å². The highest BCUT2D eigenvalue weighted by atomic mass is 35.5. The molecule has 9 nitrogen and oxygen atoms in total. The number of nitro groups is 1. The number of carbonyl (C=O) groups is 1. The minimum Gasteiger partial charge on any atom is -0.463 e. The monoisotopic (exact) mass is 591 g/mol. The van der Waals surface area contributed by atoms with E-state index in [1.54, 1.807) is 38.1 Å². The third kappa shape index (κ3) is 5.40. The molecular formula is C30H26ClN3O6S. The summed E-state index contributed by atoms with van der Waals surface area (Å²) in [4.78, 5) is 42.7. The number of thiazole rings is 1. The zero-order chi connectivity index (χ0) is 29.4. The van der Waals surface area contributed by atoms with Crippen molar-refractivity contribution < 1.29 is 18.9 Å². The Hall–Kier alpha value is -4.28. The maximum absolute atomic E-state index is 13.8. The summed E-state index contributed by atoms with van der Waals surface area (Å²) in [6.07, 6.45) is 1.60. The quantitative estimate of drug-likeness (QED) is 0.154. The number of furan rings is 1. The van der Waals surface area contributed by atoms with E-state index in [9.17, 15) is 19.7 Å². The van der Waals surface area contributed by atoms with Gasteiger partial charge in [0.1, 0.15) is 16.5 Å². The van der Waals surface area contributed by atoms with E-state index >= 15 is 0 Å². The van der Waals surface area contributed by atoms with Crippen molar-refractivity contribution in [3.8, 4) is 11.3 Å². The highest BCUT2D eigenvalue weighted by molar-refractivity contribution is 7.07. The molecule has 1 aliphatic heterocycles. The van der Waals surface area contributed by atoms with E-state index in [1.165, 1.54) is 28.0 Å². The largest absolute Gasteiger partial charge is 0.463 e. The normalized spacial score (nSPS) is 15.2. The van der Waals surface area contributed by atoms with Gasteiger partial charge in [0, 0.05) is 17.7 Å². The van der Waals surface area contributed by atoms with Crippen molar-refractivity contribution in [3.63, 3.8) is 0 Å². The number of hydrogen-bond donors (Lipinski definition) is 0. The second kappa shape index (κ2) is 11.3. The van der Waals surface area contributed by atoms with E-state index in [0.717, 1.165) is 11.1 Å². The lowest BCUT2D eigenvalue weighted by molar-refractivity contribution is -0.384. The Kier molecular flexibility index (Phi) is 7.79. The molecule has 0 spiro atoms. The van der Waals surface area contributed by atoms with E-state index in [-0.39, 0.29) is 22.9 Å². The Bertz CT molecular complexity index is 1880. The van der Waals surface area contributed by atoms with E-state index in [2.05, 4.69) is 18.8 Å². The van der Waals surface area contributed by atoms with Crippen molar-refractivity contribution in [2.24, 2.45) is 4.99 Å². The first kappa shape index (κ1) is 28.3. The SMILES string of the molecule is CCOC(=O)C1=C(C)N=c2s/c(=C\c3ccc(-c4ccc(Cl)c([N+](=O)[O-])c4)o3)c(=O)n2[C@@H]1c1ccc(C(C)C)cc1. The highest BCUT2D eigenvalue weighted by Crippen LogP contribution is 2.33. The van der Waals surface area contributed by atoms with Gasteiger partial charge >= 0.3 is 5.97 Å². The Morgan fingerprint density at radius 1 is 1.22 bits per heavy atom. The number of aromatic nitrogens is 1. The molecule has 0 saturated carbocycles. The van der Waals surface area contributed by atoms with Crippen molar-refractivity contribution in [2.75, 3.05) is 6.61 Å². The van der Waals surface area contributed by atoms with Gasteiger partial charge in [-0.2, -0.15) is 0 Å². The molecule has 0 N–H and O–H groups in total. The smallest absolute Gasteiger partial charge is 0.338 e. The van der Waals surface area contributed by atoms with Crippen LogP contribution in [0.15, 0.2) is 80.1 Å². The van der Waals surface area contributed by atoms with Crippen LogP contribution < -0.4 is 14.9 Å². The molecule has 2 aromatic carbocycles. The Labute approximate surface area is 243 Å². The molecule has 1 aliphatic rings. The van der Waals surface area contributed by atoms with Crippen LogP contribution in [-0.2, 0) is 9.53 Å². The number of carbonyl (C=O) groups excluding carboxylic acids is 1. The number of fused-ring (bicyclic) bond motifs is 1. The van der Waals surface area contributed by atoms with Crippen LogP contribution in [-0.4, -0.2) is 22.1 Å². The molecule has 5 rings (SSSR count). The van der Waals surface area contributed by atoms with Gasteiger partial charge in [0.25, 0.3) is 11.2 Å². The van der Waals surface area contributed by atoms with Gasteiger partial charge in [0.05, 0.1) is 33.4 Å². The summed E-state index contributed by atoms with van der Waals surface area (Å²) in [5.74, 6) is 0.563. The van der Waals surface area contributed by atoms with Crippen LogP contribution in [0.3, 0.4) is 0 Å². The molecule has 1 atom stereocenters. The van der Waals surface area contributed by atoms with Crippen LogP contribution in [0.5, 0.6) is 0 Å². The van der Waals surface area contributed by atoms with E-state index in [4.69, 9.17) is 20.8 Å². The van der Waals surface area contributed by atoms with Crippen molar-refractivity contribution in [1.29, 1.82) is 0 Å². The van der Waals surface area contributed by atoms with Crippen molar-refractivity contribution >= 4 is 40.7 Å². The standard InChI is InChI=1S/C30H26ClN3O6S/c1-5-39-29(36)26-17(4)32-30-33(27(26)19-8-6-18(7-9-19)16(2)3)28(35)25(41-30)15-21-11-13-24(40-21)20-10-12-22(31)23(14-20)34(37)38/h6-16,27H,5H2,1-4H3/b25-15-/t27-/m1/s1. The van der Waals surface area contributed by atoms with Crippen molar-refractivity contribution in [2.45, 2.75) is 39.7 Å². The average molecular weight is 592 g/mol. The first-order chi connectivity index (χ1) is 19.6. The van der Waals surface area contributed by atoms with Gasteiger partial charge in [-0.1, -0.05) is 61.1 Å².